The highest BCUT2D eigenvalue weighted by atomic mass is 16.3. The van der Waals surface area contributed by atoms with Crippen molar-refractivity contribution in [3.8, 4) is 0 Å². The minimum Gasteiger partial charge on any atom is -0.449 e. The largest absolute Gasteiger partial charge is 0.449 e. The molecule has 1 fully saturated rings. The minimum atomic E-state index is -0.0671. The molecule has 0 bridgehead atoms. The third kappa shape index (κ3) is 2.33. The number of carbonyl (C=O) groups is 1. The lowest BCUT2D eigenvalue weighted by Gasteiger charge is -2.29. The lowest BCUT2D eigenvalue weighted by atomic mass is 10.1. The first kappa shape index (κ1) is 12.2. The van der Waals surface area contributed by atoms with Crippen LogP contribution in [0, 0.1) is 6.92 Å². The molecule has 100 valence electrons. The summed E-state index contributed by atoms with van der Waals surface area (Å²) in [4.78, 5) is 18.5. The van der Waals surface area contributed by atoms with E-state index in [1.165, 1.54) is 0 Å². The Bertz CT molecular complexity index is 612. The minimum absolute atomic E-state index is 0.0671. The second kappa shape index (κ2) is 4.66. The van der Waals surface area contributed by atoms with E-state index in [0.29, 0.717) is 24.4 Å². The van der Waals surface area contributed by atoms with Crippen LogP contribution in [0.5, 0.6) is 0 Å². The Morgan fingerprint density at radius 1 is 1.42 bits per heavy atom. The first-order valence-electron chi connectivity index (χ1n) is 6.55. The Kier molecular flexibility index (Phi) is 2.98. The van der Waals surface area contributed by atoms with E-state index in [9.17, 15) is 4.79 Å². The van der Waals surface area contributed by atoms with Crippen LogP contribution in [0.2, 0.25) is 0 Å². The number of fused-ring (bicyclic) bond motifs is 1. The van der Waals surface area contributed by atoms with Crippen LogP contribution < -0.4 is 5.73 Å². The lowest BCUT2D eigenvalue weighted by Crippen LogP contribution is -2.42. The Labute approximate surface area is 111 Å². The number of piperidine rings is 1. The first-order chi connectivity index (χ1) is 9.13. The molecule has 0 atom stereocenters. The number of nitrogens with zero attached hydrogens (tertiary/aromatic N) is 2. The average molecular weight is 259 g/mol. The van der Waals surface area contributed by atoms with Gasteiger partial charge in [-0.25, -0.2) is 4.98 Å². The van der Waals surface area contributed by atoms with E-state index in [2.05, 4.69) is 4.98 Å². The maximum atomic E-state index is 12.3. The highest BCUT2D eigenvalue weighted by Gasteiger charge is 2.24. The van der Waals surface area contributed by atoms with Crippen molar-refractivity contribution in [3.63, 3.8) is 0 Å². The van der Waals surface area contributed by atoms with Crippen molar-refractivity contribution in [2.45, 2.75) is 25.8 Å². The number of amides is 1. The monoisotopic (exact) mass is 259 g/mol. The van der Waals surface area contributed by atoms with Gasteiger partial charge in [0, 0.05) is 30.9 Å². The third-order valence-corrected chi connectivity index (χ3v) is 3.55. The molecule has 3 rings (SSSR count). The standard InChI is InChI=1S/C14H17N3O2/c1-9-2-3-12-11(16-9)8-13(19-12)14(18)17-6-4-10(15)5-7-17/h2-3,8,10H,4-7,15H2,1H3. The van der Waals surface area contributed by atoms with Crippen LogP contribution in [0.1, 0.15) is 29.1 Å². The molecule has 2 aromatic heterocycles. The first-order valence-corrected chi connectivity index (χ1v) is 6.55. The van der Waals surface area contributed by atoms with Gasteiger partial charge in [0.2, 0.25) is 0 Å². The van der Waals surface area contributed by atoms with Crippen molar-refractivity contribution in [2.24, 2.45) is 5.73 Å². The van der Waals surface area contributed by atoms with E-state index in [0.717, 1.165) is 24.1 Å². The Balaban J connectivity index is 1.85. The van der Waals surface area contributed by atoms with Crippen LogP contribution >= 0.6 is 0 Å². The molecule has 0 saturated carbocycles. The molecule has 0 aromatic carbocycles. The summed E-state index contributed by atoms with van der Waals surface area (Å²) in [5.74, 6) is 0.297. The average Bonchev–Trinajstić information content (AvgIpc) is 2.81. The molecule has 1 amide bonds. The summed E-state index contributed by atoms with van der Waals surface area (Å²) < 4.78 is 5.58. The van der Waals surface area contributed by atoms with Gasteiger partial charge >= 0.3 is 0 Å². The van der Waals surface area contributed by atoms with Crippen molar-refractivity contribution in [3.05, 3.63) is 29.7 Å². The molecule has 1 saturated heterocycles. The molecule has 2 aromatic rings. The molecule has 0 unspecified atom stereocenters. The second-order valence-electron chi connectivity index (χ2n) is 5.08. The number of aromatic nitrogens is 1. The van der Waals surface area contributed by atoms with Gasteiger partial charge in [-0.3, -0.25) is 4.79 Å². The fraction of sp³-hybridized carbons (Fsp3) is 0.429. The Hall–Kier alpha value is -1.88. The number of aryl methyl sites for hydroxylation is 1. The number of rotatable bonds is 1. The van der Waals surface area contributed by atoms with Crippen molar-refractivity contribution in [1.82, 2.24) is 9.88 Å². The van der Waals surface area contributed by atoms with Crippen LogP contribution in [0.25, 0.3) is 11.1 Å². The molecular weight excluding hydrogens is 242 g/mol. The molecule has 5 nitrogen and oxygen atoms in total. The van der Waals surface area contributed by atoms with Gasteiger partial charge in [-0.1, -0.05) is 0 Å². The number of furan rings is 1. The molecule has 1 aliphatic heterocycles. The van der Waals surface area contributed by atoms with Crippen LogP contribution in [-0.2, 0) is 0 Å². The summed E-state index contributed by atoms with van der Waals surface area (Å²) in [5, 5.41) is 0. The van der Waals surface area contributed by atoms with Gasteiger partial charge in [0.1, 0.15) is 5.52 Å². The highest BCUT2D eigenvalue weighted by molar-refractivity contribution is 5.95. The van der Waals surface area contributed by atoms with Crippen LogP contribution in [0.3, 0.4) is 0 Å². The van der Waals surface area contributed by atoms with Crippen LogP contribution in [0.4, 0.5) is 0 Å². The zero-order chi connectivity index (χ0) is 13.4. The van der Waals surface area contributed by atoms with E-state index in [1.54, 1.807) is 11.0 Å². The van der Waals surface area contributed by atoms with Gasteiger partial charge in [-0.2, -0.15) is 0 Å². The van der Waals surface area contributed by atoms with Gasteiger partial charge in [0.05, 0.1) is 0 Å². The summed E-state index contributed by atoms with van der Waals surface area (Å²) in [6, 6.07) is 5.66. The number of pyridine rings is 1. The SMILES string of the molecule is Cc1ccc2oc(C(=O)N3CCC(N)CC3)cc2n1. The van der Waals surface area contributed by atoms with Gasteiger partial charge < -0.3 is 15.1 Å². The maximum Gasteiger partial charge on any atom is 0.289 e. The summed E-state index contributed by atoms with van der Waals surface area (Å²) >= 11 is 0. The van der Waals surface area contributed by atoms with Gasteiger partial charge in [0.15, 0.2) is 11.3 Å². The van der Waals surface area contributed by atoms with Crippen molar-refractivity contribution in [2.75, 3.05) is 13.1 Å². The normalized spacial score (nSPS) is 17.1. The molecular formula is C14H17N3O2. The number of likely N-dealkylation sites (tertiary alicyclic amines) is 1. The Morgan fingerprint density at radius 2 is 2.16 bits per heavy atom. The fourth-order valence-corrected chi connectivity index (χ4v) is 2.39. The molecule has 2 N–H and O–H groups in total. The van der Waals surface area contributed by atoms with E-state index >= 15 is 0 Å². The smallest absolute Gasteiger partial charge is 0.289 e. The van der Waals surface area contributed by atoms with Crippen molar-refractivity contribution < 1.29 is 9.21 Å². The number of carbonyl (C=O) groups excluding carboxylic acids is 1. The van der Waals surface area contributed by atoms with E-state index < -0.39 is 0 Å². The number of nitrogens with two attached hydrogens (primary N) is 1. The molecule has 0 spiro atoms. The molecule has 5 heteroatoms. The van der Waals surface area contributed by atoms with E-state index in [4.69, 9.17) is 10.2 Å². The quantitative estimate of drug-likeness (QED) is 0.846. The fourth-order valence-electron chi connectivity index (χ4n) is 2.39. The molecule has 3 heterocycles. The molecule has 1 aliphatic rings. The van der Waals surface area contributed by atoms with E-state index in [-0.39, 0.29) is 11.9 Å². The lowest BCUT2D eigenvalue weighted by molar-refractivity contribution is 0.0685. The summed E-state index contributed by atoms with van der Waals surface area (Å²) in [6.07, 6.45) is 1.70. The predicted octanol–water partition coefficient (Wildman–Crippen LogP) is 1.70. The molecule has 0 aliphatic carbocycles. The summed E-state index contributed by atoms with van der Waals surface area (Å²) in [6.45, 7) is 3.31. The highest BCUT2D eigenvalue weighted by Crippen LogP contribution is 2.20. The number of hydrogen-bond acceptors (Lipinski definition) is 4. The number of hydrogen-bond donors (Lipinski definition) is 1. The third-order valence-electron chi connectivity index (χ3n) is 3.55. The second-order valence-corrected chi connectivity index (χ2v) is 5.08. The zero-order valence-electron chi connectivity index (χ0n) is 10.9. The van der Waals surface area contributed by atoms with Crippen molar-refractivity contribution in [1.29, 1.82) is 0 Å². The topological polar surface area (TPSA) is 72.4 Å². The van der Waals surface area contributed by atoms with Crippen LogP contribution in [0.15, 0.2) is 22.6 Å². The van der Waals surface area contributed by atoms with Gasteiger partial charge in [0.25, 0.3) is 5.91 Å². The van der Waals surface area contributed by atoms with E-state index in [1.807, 2.05) is 19.1 Å². The Morgan fingerprint density at radius 3 is 2.89 bits per heavy atom. The molecule has 0 radical (unpaired) electrons. The summed E-state index contributed by atoms with van der Waals surface area (Å²) in [5.41, 5.74) is 8.14. The molecule has 19 heavy (non-hydrogen) atoms. The maximum absolute atomic E-state index is 12.3. The summed E-state index contributed by atoms with van der Waals surface area (Å²) in [7, 11) is 0. The van der Waals surface area contributed by atoms with Crippen molar-refractivity contribution >= 4 is 17.0 Å². The van der Waals surface area contributed by atoms with Gasteiger partial charge in [-0.15, -0.1) is 0 Å². The predicted molar refractivity (Wildman–Crippen MR) is 71.9 cm³/mol. The zero-order valence-corrected chi connectivity index (χ0v) is 10.9. The van der Waals surface area contributed by atoms with Crippen LogP contribution in [-0.4, -0.2) is 34.9 Å². The van der Waals surface area contributed by atoms with Gasteiger partial charge in [-0.05, 0) is 31.9 Å².